The normalized spacial score (nSPS) is 31.3. The maximum absolute atomic E-state index is 12.9. The summed E-state index contributed by atoms with van der Waals surface area (Å²) in [6.45, 7) is 1.81. The van der Waals surface area contributed by atoms with Gasteiger partial charge in [-0.25, -0.2) is 0 Å². The van der Waals surface area contributed by atoms with E-state index in [0.29, 0.717) is 32.1 Å². The maximum Gasteiger partial charge on any atom is 0.223 e. The van der Waals surface area contributed by atoms with Gasteiger partial charge in [0, 0.05) is 25.4 Å². The molecule has 5 nitrogen and oxygen atoms in total. The molecule has 1 aromatic rings. The van der Waals surface area contributed by atoms with Crippen LogP contribution in [-0.4, -0.2) is 47.2 Å². The fourth-order valence-electron chi connectivity index (χ4n) is 4.30. The van der Waals surface area contributed by atoms with E-state index in [0.717, 1.165) is 31.2 Å². The van der Waals surface area contributed by atoms with Crippen molar-refractivity contribution >= 4 is 5.91 Å². The largest absolute Gasteiger partial charge is 0.374 e. The number of pyridine rings is 1. The van der Waals surface area contributed by atoms with Gasteiger partial charge in [0.25, 0.3) is 0 Å². The van der Waals surface area contributed by atoms with Gasteiger partial charge in [0.1, 0.15) is 6.10 Å². The van der Waals surface area contributed by atoms with Gasteiger partial charge in [-0.05, 0) is 43.2 Å². The molecule has 3 aliphatic rings. The lowest BCUT2D eigenvalue weighted by atomic mass is 10.0. The molecule has 5 heteroatoms. The van der Waals surface area contributed by atoms with Gasteiger partial charge >= 0.3 is 0 Å². The number of carbonyl (C=O) groups excluding carboxylic acids is 1. The number of allylic oxidation sites excluding steroid dienone is 2. The molecule has 25 heavy (non-hydrogen) atoms. The first-order chi connectivity index (χ1) is 12.3. The first kappa shape index (κ1) is 16.7. The third-order valence-electron chi connectivity index (χ3n) is 5.59. The number of hydrogen-bond acceptors (Lipinski definition) is 4. The summed E-state index contributed by atoms with van der Waals surface area (Å²) in [7, 11) is 0. The summed E-state index contributed by atoms with van der Waals surface area (Å²) in [5.74, 6) is 0.659. The molecule has 1 aliphatic heterocycles. The van der Waals surface area contributed by atoms with Crippen LogP contribution in [0.25, 0.3) is 0 Å². The summed E-state index contributed by atoms with van der Waals surface area (Å²) in [5.41, 5.74) is 1.06. The molecule has 0 unspecified atom stereocenters. The highest BCUT2D eigenvalue weighted by molar-refractivity contribution is 5.77. The average Bonchev–Trinajstić information content (AvgIpc) is 3.21. The minimum absolute atomic E-state index is 0.0363. The van der Waals surface area contributed by atoms with Crippen LogP contribution >= 0.6 is 0 Å². The Morgan fingerprint density at radius 3 is 3.12 bits per heavy atom. The highest BCUT2D eigenvalue weighted by Gasteiger charge is 2.44. The molecule has 0 N–H and O–H groups in total. The molecule has 2 bridgehead atoms. The summed E-state index contributed by atoms with van der Waals surface area (Å²) in [6.07, 6.45) is 12.8. The zero-order chi connectivity index (χ0) is 17.1. The van der Waals surface area contributed by atoms with Gasteiger partial charge in [-0.1, -0.05) is 18.2 Å². The first-order valence-electron chi connectivity index (χ1n) is 9.39. The maximum atomic E-state index is 12.9. The first-order valence-corrected chi connectivity index (χ1v) is 9.39. The second kappa shape index (κ2) is 7.67. The molecule has 1 aromatic heterocycles. The molecular weight excluding hydrogens is 316 g/mol. The van der Waals surface area contributed by atoms with Crippen LogP contribution < -0.4 is 0 Å². The van der Waals surface area contributed by atoms with Crippen LogP contribution in [0, 0.1) is 5.92 Å². The second-order valence-corrected chi connectivity index (χ2v) is 7.25. The molecule has 0 aromatic carbocycles. The van der Waals surface area contributed by atoms with Crippen molar-refractivity contribution in [3.05, 3.63) is 42.2 Å². The van der Waals surface area contributed by atoms with Crippen molar-refractivity contribution in [2.24, 2.45) is 5.92 Å². The highest BCUT2D eigenvalue weighted by Crippen LogP contribution is 2.33. The number of ether oxygens (including phenoxy) is 2. The highest BCUT2D eigenvalue weighted by atomic mass is 16.5. The Kier molecular flexibility index (Phi) is 5.13. The van der Waals surface area contributed by atoms with E-state index >= 15 is 0 Å². The van der Waals surface area contributed by atoms with Crippen LogP contribution in [0.5, 0.6) is 0 Å². The Hall–Kier alpha value is -1.72. The van der Waals surface area contributed by atoms with E-state index in [4.69, 9.17) is 9.47 Å². The molecule has 134 valence electrons. The molecule has 2 heterocycles. The summed E-state index contributed by atoms with van der Waals surface area (Å²) in [4.78, 5) is 19.1. The van der Waals surface area contributed by atoms with Crippen molar-refractivity contribution in [3.8, 4) is 0 Å². The smallest absolute Gasteiger partial charge is 0.223 e. The minimum atomic E-state index is -0.0363. The monoisotopic (exact) mass is 342 g/mol. The van der Waals surface area contributed by atoms with Crippen LogP contribution in [0.2, 0.25) is 0 Å². The van der Waals surface area contributed by atoms with Gasteiger partial charge in [-0.2, -0.15) is 0 Å². The van der Waals surface area contributed by atoms with Crippen LogP contribution in [0.15, 0.2) is 36.7 Å². The molecule has 1 amide bonds. The quantitative estimate of drug-likeness (QED) is 0.772. The van der Waals surface area contributed by atoms with Crippen LogP contribution in [0.3, 0.4) is 0 Å². The summed E-state index contributed by atoms with van der Waals surface area (Å²) in [5, 5.41) is 0. The van der Waals surface area contributed by atoms with Gasteiger partial charge in [0.15, 0.2) is 0 Å². The zero-order valence-corrected chi connectivity index (χ0v) is 14.5. The molecule has 0 spiro atoms. The predicted molar refractivity (Wildman–Crippen MR) is 93.8 cm³/mol. The van der Waals surface area contributed by atoms with E-state index in [1.807, 2.05) is 23.2 Å². The Morgan fingerprint density at radius 1 is 1.36 bits per heavy atom. The van der Waals surface area contributed by atoms with Crippen molar-refractivity contribution < 1.29 is 14.3 Å². The number of fused-ring (bicyclic) bond motifs is 2. The van der Waals surface area contributed by atoms with Crippen molar-refractivity contribution in [1.29, 1.82) is 0 Å². The fourth-order valence-corrected chi connectivity index (χ4v) is 4.30. The average molecular weight is 342 g/mol. The standard InChI is InChI=1S/C20H26N2O3/c23-19(12-15-4-1-2-5-15)22-10-11-24-18-8-7-17(22)20(18)25-14-16-6-3-9-21-13-16/h1,3-4,6,9,13,15,17-18,20H,2,5,7-8,10-12,14H2/t15-,17+,18+,20+/m1/s1. The fraction of sp³-hybridized carbons (Fsp3) is 0.600. The molecule has 4 rings (SSSR count). The summed E-state index contributed by atoms with van der Waals surface area (Å²) >= 11 is 0. The second-order valence-electron chi connectivity index (χ2n) is 7.25. The van der Waals surface area contributed by atoms with Gasteiger partial charge in [-0.3, -0.25) is 9.78 Å². The van der Waals surface area contributed by atoms with Crippen molar-refractivity contribution in [1.82, 2.24) is 9.88 Å². The van der Waals surface area contributed by atoms with Crippen LogP contribution in [-0.2, 0) is 20.9 Å². The lowest BCUT2D eigenvalue weighted by Crippen LogP contribution is -2.46. The molecule has 4 atom stereocenters. The van der Waals surface area contributed by atoms with Gasteiger partial charge < -0.3 is 14.4 Å². The molecule has 1 saturated carbocycles. The van der Waals surface area contributed by atoms with Crippen LogP contribution in [0.1, 0.15) is 37.7 Å². The van der Waals surface area contributed by atoms with E-state index in [1.165, 1.54) is 0 Å². The van der Waals surface area contributed by atoms with E-state index in [1.54, 1.807) is 6.20 Å². The van der Waals surface area contributed by atoms with Gasteiger partial charge in [-0.15, -0.1) is 0 Å². The summed E-state index contributed by atoms with van der Waals surface area (Å²) < 4.78 is 12.2. The van der Waals surface area contributed by atoms with Gasteiger partial charge in [0.05, 0.1) is 25.4 Å². The molecule has 0 radical (unpaired) electrons. The SMILES string of the molecule is O=C(C[C@@H]1C=CCC1)N1CCO[C@H]2CC[C@H]1[C@@H]2OCc1cccnc1. The van der Waals surface area contributed by atoms with E-state index in [2.05, 4.69) is 17.1 Å². The van der Waals surface area contributed by atoms with Crippen molar-refractivity contribution in [2.75, 3.05) is 13.2 Å². The number of aromatic nitrogens is 1. The number of hydrogen-bond donors (Lipinski definition) is 0. The Labute approximate surface area is 149 Å². The third-order valence-corrected chi connectivity index (χ3v) is 5.59. The third kappa shape index (κ3) is 3.77. The topological polar surface area (TPSA) is 51.7 Å². The van der Waals surface area contributed by atoms with E-state index < -0.39 is 0 Å². The lowest BCUT2D eigenvalue weighted by Gasteiger charge is -2.32. The number of rotatable bonds is 5. The number of nitrogens with zero attached hydrogens (tertiary/aromatic N) is 2. The molecular formula is C20H26N2O3. The minimum Gasteiger partial charge on any atom is -0.374 e. The van der Waals surface area contributed by atoms with Crippen molar-refractivity contribution in [3.63, 3.8) is 0 Å². The Balaban J connectivity index is 1.42. The van der Waals surface area contributed by atoms with E-state index in [9.17, 15) is 4.79 Å². The molecule has 1 saturated heterocycles. The Bertz CT molecular complexity index is 619. The Morgan fingerprint density at radius 2 is 2.32 bits per heavy atom. The molecule has 2 fully saturated rings. The molecule has 2 aliphatic carbocycles. The number of amides is 1. The number of carbonyl (C=O) groups is 1. The van der Waals surface area contributed by atoms with Gasteiger partial charge in [0.2, 0.25) is 5.91 Å². The van der Waals surface area contributed by atoms with Crippen LogP contribution in [0.4, 0.5) is 0 Å². The lowest BCUT2D eigenvalue weighted by molar-refractivity contribution is -0.136. The summed E-state index contributed by atoms with van der Waals surface area (Å²) in [6, 6.07) is 4.07. The van der Waals surface area contributed by atoms with Crippen molar-refractivity contribution in [2.45, 2.75) is 57.0 Å². The van der Waals surface area contributed by atoms with E-state index in [-0.39, 0.29) is 24.2 Å². The zero-order valence-electron chi connectivity index (χ0n) is 14.5. The predicted octanol–water partition coefficient (Wildman–Crippen LogP) is 2.71.